The molecule has 1 aromatic heterocycles. The van der Waals surface area contributed by atoms with Gasteiger partial charge in [0.15, 0.2) is 0 Å². The van der Waals surface area contributed by atoms with Gasteiger partial charge in [-0.1, -0.05) is 0 Å². The fraction of sp³-hybridized carbons (Fsp3) is 0.533. The molecule has 1 fully saturated rings. The molecule has 1 aromatic rings. The van der Waals surface area contributed by atoms with E-state index in [9.17, 15) is 14.4 Å². The number of ether oxygens (including phenoxy) is 2. The summed E-state index contributed by atoms with van der Waals surface area (Å²) in [6, 6.07) is 0.150. The Balaban J connectivity index is 2.19. The average molecular weight is 340 g/mol. The van der Waals surface area contributed by atoms with Crippen LogP contribution in [0.15, 0.2) is 5.38 Å². The van der Waals surface area contributed by atoms with E-state index in [1.165, 1.54) is 14.2 Å². The van der Waals surface area contributed by atoms with Crippen LogP contribution >= 0.6 is 11.3 Å². The third kappa shape index (κ3) is 3.89. The van der Waals surface area contributed by atoms with Crippen LogP contribution in [0.2, 0.25) is 0 Å². The molecule has 0 spiro atoms. The zero-order chi connectivity index (χ0) is 17.0. The van der Waals surface area contributed by atoms with Crippen molar-refractivity contribution in [3.05, 3.63) is 15.8 Å². The number of rotatable bonds is 4. The number of amides is 1. The molecule has 1 saturated carbocycles. The number of hydrogen-bond acceptors (Lipinski definition) is 7. The minimum atomic E-state index is -0.687. The number of thiophene rings is 1. The molecule has 0 radical (unpaired) electrons. The van der Waals surface area contributed by atoms with Crippen LogP contribution in [0.5, 0.6) is 0 Å². The summed E-state index contributed by atoms with van der Waals surface area (Å²) in [5, 5.41) is 4.28. The van der Waals surface area contributed by atoms with Gasteiger partial charge in [0.2, 0.25) is 5.91 Å². The van der Waals surface area contributed by atoms with Crippen molar-refractivity contribution in [3.63, 3.8) is 0 Å². The summed E-state index contributed by atoms with van der Waals surface area (Å²) < 4.78 is 9.36. The molecule has 7 nitrogen and oxygen atoms in total. The molecule has 8 heteroatoms. The molecule has 126 valence electrons. The molecule has 3 N–H and O–H groups in total. The molecular weight excluding hydrogens is 320 g/mol. The van der Waals surface area contributed by atoms with Crippen molar-refractivity contribution in [1.82, 2.24) is 0 Å². The van der Waals surface area contributed by atoms with E-state index < -0.39 is 11.9 Å². The second kappa shape index (κ2) is 7.56. The zero-order valence-electron chi connectivity index (χ0n) is 13.1. The van der Waals surface area contributed by atoms with E-state index in [-0.39, 0.29) is 34.0 Å². The minimum absolute atomic E-state index is 0.0326. The maximum Gasteiger partial charge on any atom is 0.349 e. The van der Waals surface area contributed by atoms with Crippen molar-refractivity contribution in [1.29, 1.82) is 0 Å². The van der Waals surface area contributed by atoms with Gasteiger partial charge in [-0.15, -0.1) is 11.3 Å². The van der Waals surface area contributed by atoms with Crippen molar-refractivity contribution in [2.45, 2.75) is 31.7 Å². The monoisotopic (exact) mass is 340 g/mol. The Bertz CT molecular complexity index is 605. The average Bonchev–Trinajstić information content (AvgIpc) is 2.97. The van der Waals surface area contributed by atoms with Crippen LogP contribution in [0.1, 0.15) is 45.7 Å². The molecule has 1 amide bonds. The summed E-state index contributed by atoms with van der Waals surface area (Å²) in [6.45, 7) is 0. The molecule has 1 aliphatic carbocycles. The number of hydrogen-bond donors (Lipinski definition) is 2. The van der Waals surface area contributed by atoms with Crippen LogP contribution < -0.4 is 11.1 Å². The lowest BCUT2D eigenvalue weighted by atomic mass is 9.86. The van der Waals surface area contributed by atoms with Gasteiger partial charge in [-0.05, 0) is 25.7 Å². The number of carbonyl (C=O) groups is 3. The van der Waals surface area contributed by atoms with Crippen molar-refractivity contribution in [2.75, 3.05) is 19.5 Å². The van der Waals surface area contributed by atoms with Crippen LogP contribution in [0, 0.1) is 5.92 Å². The van der Waals surface area contributed by atoms with Crippen molar-refractivity contribution < 1.29 is 23.9 Å². The Hall–Kier alpha value is -1.93. The number of anilines is 1. The van der Waals surface area contributed by atoms with Gasteiger partial charge in [0.05, 0.1) is 19.9 Å². The summed E-state index contributed by atoms with van der Waals surface area (Å²) in [4.78, 5) is 36.2. The summed E-state index contributed by atoms with van der Waals surface area (Å²) in [5.74, 6) is -1.63. The van der Waals surface area contributed by atoms with E-state index in [2.05, 4.69) is 10.1 Å². The summed E-state index contributed by atoms with van der Waals surface area (Å²) in [5.41, 5.74) is 6.15. The number of nitrogens with two attached hydrogens (primary N) is 1. The van der Waals surface area contributed by atoms with Gasteiger partial charge in [-0.2, -0.15) is 0 Å². The molecule has 0 atom stereocenters. The Morgan fingerprint density at radius 3 is 2.30 bits per heavy atom. The first-order valence-electron chi connectivity index (χ1n) is 7.32. The number of methoxy groups -OCH3 is 2. The summed E-state index contributed by atoms with van der Waals surface area (Å²) >= 11 is 1.03. The molecule has 1 aliphatic rings. The molecule has 2 rings (SSSR count). The molecule has 0 bridgehead atoms. The van der Waals surface area contributed by atoms with E-state index in [0.29, 0.717) is 12.8 Å². The van der Waals surface area contributed by atoms with Crippen LogP contribution in [0.4, 0.5) is 5.69 Å². The highest BCUT2D eigenvalue weighted by molar-refractivity contribution is 7.13. The lowest BCUT2D eigenvalue weighted by molar-refractivity contribution is -0.120. The van der Waals surface area contributed by atoms with E-state index in [0.717, 1.165) is 24.2 Å². The third-order valence-electron chi connectivity index (χ3n) is 3.95. The van der Waals surface area contributed by atoms with Crippen LogP contribution in [0.3, 0.4) is 0 Å². The molecule has 0 aromatic carbocycles. The summed E-state index contributed by atoms with van der Waals surface area (Å²) in [6.07, 6.45) is 3.04. The van der Waals surface area contributed by atoms with Crippen LogP contribution in [-0.4, -0.2) is 38.1 Å². The first-order chi connectivity index (χ1) is 11.0. The van der Waals surface area contributed by atoms with Crippen molar-refractivity contribution >= 4 is 34.9 Å². The second-order valence-electron chi connectivity index (χ2n) is 5.44. The summed E-state index contributed by atoms with van der Waals surface area (Å²) in [7, 11) is 2.45. The van der Waals surface area contributed by atoms with Crippen LogP contribution in [-0.2, 0) is 14.3 Å². The van der Waals surface area contributed by atoms with Gasteiger partial charge < -0.3 is 20.5 Å². The first-order valence-corrected chi connectivity index (χ1v) is 8.20. The molecule has 23 heavy (non-hydrogen) atoms. The predicted octanol–water partition coefficient (Wildman–Crippen LogP) is 1.78. The highest BCUT2D eigenvalue weighted by Gasteiger charge is 2.29. The van der Waals surface area contributed by atoms with E-state index >= 15 is 0 Å². The third-order valence-corrected chi connectivity index (χ3v) is 4.91. The largest absolute Gasteiger partial charge is 0.465 e. The molecule has 0 saturated heterocycles. The number of nitrogens with one attached hydrogen (secondary N) is 1. The lowest BCUT2D eigenvalue weighted by Crippen LogP contribution is -2.32. The highest BCUT2D eigenvalue weighted by atomic mass is 32.1. The van der Waals surface area contributed by atoms with Gasteiger partial charge in [0.25, 0.3) is 0 Å². The topological polar surface area (TPSA) is 108 Å². The molecule has 0 unspecified atom stereocenters. The standard InChI is InChI=1S/C15H20N2O5S/c1-21-14(19)11-10(7-23-12(11)15(20)22-2)17-13(18)8-3-5-9(16)6-4-8/h7-9H,3-6,16H2,1-2H3,(H,17,18). The SMILES string of the molecule is COC(=O)c1scc(NC(=O)C2CCC(N)CC2)c1C(=O)OC. The smallest absolute Gasteiger partial charge is 0.349 e. The molecule has 1 heterocycles. The predicted molar refractivity (Wildman–Crippen MR) is 85.6 cm³/mol. The zero-order valence-corrected chi connectivity index (χ0v) is 13.9. The highest BCUT2D eigenvalue weighted by Crippen LogP contribution is 2.31. The van der Waals surface area contributed by atoms with Gasteiger partial charge in [-0.25, -0.2) is 9.59 Å². The Morgan fingerprint density at radius 1 is 1.13 bits per heavy atom. The van der Waals surface area contributed by atoms with Gasteiger partial charge in [0, 0.05) is 17.3 Å². The molecular formula is C15H20N2O5S. The van der Waals surface area contributed by atoms with Gasteiger partial charge in [0.1, 0.15) is 10.4 Å². The number of carbonyl (C=O) groups excluding carboxylic acids is 3. The maximum atomic E-state index is 12.4. The first kappa shape index (κ1) is 17.4. The van der Waals surface area contributed by atoms with E-state index in [1.807, 2.05) is 0 Å². The lowest BCUT2D eigenvalue weighted by Gasteiger charge is -2.25. The van der Waals surface area contributed by atoms with Crippen molar-refractivity contribution in [3.8, 4) is 0 Å². The quantitative estimate of drug-likeness (QED) is 0.809. The Morgan fingerprint density at radius 2 is 1.74 bits per heavy atom. The number of esters is 2. The maximum absolute atomic E-state index is 12.4. The van der Waals surface area contributed by atoms with E-state index in [1.54, 1.807) is 5.38 Å². The van der Waals surface area contributed by atoms with Gasteiger partial charge in [-0.3, -0.25) is 4.79 Å². The normalized spacial score (nSPS) is 20.7. The second-order valence-corrected chi connectivity index (χ2v) is 6.32. The van der Waals surface area contributed by atoms with Gasteiger partial charge >= 0.3 is 11.9 Å². The van der Waals surface area contributed by atoms with E-state index in [4.69, 9.17) is 10.5 Å². The minimum Gasteiger partial charge on any atom is -0.465 e. The fourth-order valence-electron chi connectivity index (χ4n) is 2.61. The Labute approximate surface area is 138 Å². The molecule has 0 aliphatic heterocycles. The van der Waals surface area contributed by atoms with Crippen LogP contribution in [0.25, 0.3) is 0 Å². The Kier molecular flexibility index (Phi) is 5.73. The van der Waals surface area contributed by atoms with Crippen molar-refractivity contribution in [2.24, 2.45) is 11.7 Å². The fourth-order valence-corrected chi connectivity index (χ4v) is 3.52.